The average Bonchev–Trinajstić information content (AvgIpc) is 2.38. The number of nitrogens with one attached hydrogen (secondary N) is 1. The minimum atomic E-state index is -3.25. The fraction of sp³-hybridized carbons (Fsp3) is 0.571. The van der Waals surface area contributed by atoms with Crippen molar-refractivity contribution in [2.75, 3.05) is 20.1 Å². The summed E-state index contributed by atoms with van der Waals surface area (Å²) in [5.74, 6) is 0. The number of aryl methyl sites for hydroxylation is 1. The van der Waals surface area contributed by atoms with Gasteiger partial charge in [-0.2, -0.15) is 0 Å². The maximum absolute atomic E-state index is 12.3. The van der Waals surface area contributed by atoms with Gasteiger partial charge in [-0.25, -0.2) is 12.7 Å². The highest BCUT2D eigenvalue weighted by atomic mass is 32.2. The summed E-state index contributed by atoms with van der Waals surface area (Å²) in [5.41, 5.74) is 2.18. The van der Waals surface area contributed by atoms with Gasteiger partial charge in [-0.1, -0.05) is 36.8 Å². The first-order valence-electron chi connectivity index (χ1n) is 6.59. The van der Waals surface area contributed by atoms with E-state index in [0.29, 0.717) is 13.1 Å². The lowest BCUT2D eigenvalue weighted by molar-refractivity contribution is 0.454. The molecule has 19 heavy (non-hydrogen) atoms. The Morgan fingerprint density at radius 2 is 1.84 bits per heavy atom. The van der Waals surface area contributed by atoms with Gasteiger partial charge in [-0.3, -0.25) is 0 Å². The van der Waals surface area contributed by atoms with Gasteiger partial charge in [0.15, 0.2) is 0 Å². The van der Waals surface area contributed by atoms with Gasteiger partial charge in [0.1, 0.15) is 0 Å². The Bertz CT molecular complexity index is 483. The second kappa shape index (κ2) is 7.03. The molecule has 0 radical (unpaired) electrons. The van der Waals surface area contributed by atoms with Crippen molar-refractivity contribution in [2.24, 2.45) is 0 Å². The van der Waals surface area contributed by atoms with Crippen LogP contribution in [0.25, 0.3) is 0 Å². The highest BCUT2D eigenvalue weighted by Gasteiger charge is 2.25. The Kier molecular flexibility index (Phi) is 5.97. The molecule has 1 aromatic carbocycles. The van der Waals surface area contributed by atoms with Gasteiger partial charge in [0.05, 0.1) is 5.25 Å². The highest BCUT2D eigenvalue weighted by Crippen LogP contribution is 2.12. The van der Waals surface area contributed by atoms with Crippen molar-refractivity contribution in [3.63, 3.8) is 0 Å². The molecule has 0 bridgehead atoms. The lowest BCUT2D eigenvalue weighted by Crippen LogP contribution is -2.39. The largest absolute Gasteiger partial charge is 0.316 e. The van der Waals surface area contributed by atoms with E-state index in [2.05, 4.69) is 5.32 Å². The summed E-state index contributed by atoms with van der Waals surface area (Å²) in [4.78, 5) is 0. The summed E-state index contributed by atoms with van der Waals surface area (Å²) in [7, 11) is -1.61. The van der Waals surface area contributed by atoms with E-state index in [0.717, 1.165) is 12.1 Å². The molecule has 0 amide bonds. The molecule has 0 fully saturated rings. The van der Waals surface area contributed by atoms with Crippen molar-refractivity contribution in [1.82, 2.24) is 9.62 Å². The first kappa shape index (κ1) is 16.1. The molecule has 0 aliphatic heterocycles. The molecule has 1 unspecified atom stereocenters. The summed E-state index contributed by atoms with van der Waals surface area (Å²) in [6, 6.07) is 7.93. The monoisotopic (exact) mass is 284 g/mol. The fourth-order valence-electron chi connectivity index (χ4n) is 1.80. The first-order chi connectivity index (χ1) is 8.87. The summed E-state index contributed by atoms with van der Waals surface area (Å²) in [5, 5.41) is 2.66. The Morgan fingerprint density at radius 1 is 1.26 bits per heavy atom. The van der Waals surface area contributed by atoms with Crippen LogP contribution < -0.4 is 5.32 Å². The molecule has 108 valence electrons. The Morgan fingerprint density at radius 3 is 2.37 bits per heavy atom. The number of benzene rings is 1. The standard InChI is InChI=1S/C14H24N2O2S/c1-5-15-10-13(3)19(17,18)16(4)11-14-8-6-12(2)7-9-14/h6-9,13,15H,5,10-11H2,1-4H3. The summed E-state index contributed by atoms with van der Waals surface area (Å²) in [6.45, 7) is 7.40. The molecule has 5 heteroatoms. The fourth-order valence-corrected chi connectivity index (χ4v) is 3.07. The molecule has 1 atom stereocenters. The Hall–Kier alpha value is -0.910. The van der Waals surface area contributed by atoms with Crippen molar-refractivity contribution in [3.05, 3.63) is 35.4 Å². The third kappa shape index (κ3) is 4.60. The number of hydrogen-bond acceptors (Lipinski definition) is 3. The van der Waals surface area contributed by atoms with Crippen molar-refractivity contribution in [2.45, 2.75) is 32.6 Å². The molecule has 0 aliphatic rings. The third-order valence-corrected chi connectivity index (χ3v) is 5.33. The highest BCUT2D eigenvalue weighted by molar-refractivity contribution is 7.89. The zero-order chi connectivity index (χ0) is 14.5. The Balaban J connectivity index is 2.70. The molecule has 1 rings (SSSR count). The van der Waals surface area contributed by atoms with Crippen molar-refractivity contribution >= 4 is 10.0 Å². The van der Waals surface area contributed by atoms with Crippen LogP contribution in [0.2, 0.25) is 0 Å². The molecular formula is C14H24N2O2S. The number of rotatable bonds is 7. The van der Waals surface area contributed by atoms with Crippen LogP contribution in [0.4, 0.5) is 0 Å². The van der Waals surface area contributed by atoms with Crippen LogP contribution in [0.3, 0.4) is 0 Å². The maximum atomic E-state index is 12.3. The molecular weight excluding hydrogens is 260 g/mol. The summed E-state index contributed by atoms with van der Waals surface area (Å²) >= 11 is 0. The van der Waals surface area contributed by atoms with Crippen LogP contribution in [0, 0.1) is 6.92 Å². The van der Waals surface area contributed by atoms with Gasteiger partial charge in [-0.15, -0.1) is 0 Å². The minimum Gasteiger partial charge on any atom is -0.316 e. The van der Waals surface area contributed by atoms with E-state index in [1.807, 2.05) is 38.1 Å². The lowest BCUT2D eigenvalue weighted by Gasteiger charge is -2.22. The molecule has 0 saturated carbocycles. The van der Waals surface area contributed by atoms with Crippen LogP contribution >= 0.6 is 0 Å². The van der Waals surface area contributed by atoms with Crippen LogP contribution in [0.15, 0.2) is 24.3 Å². The Labute approximate surface area is 116 Å². The van der Waals surface area contributed by atoms with E-state index in [4.69, 9.17) is 0 Å². The minimum absolute atomic E-state index is 0.414. The van der Waals surface area contributed by atoms with Gasteiger partial charge in [0.2, 0.25) is 10.0 Å². The summed E-state index contributed by atoms with van der Waals surface area (Å²) in [6.07, 6.45) is 0. The van der Waals surface area contributed by atoms with E-state index in [1.54, 1.807) is 14.0 Å². The molecule has 0 aromatic heterocycles. The quantitative estimate of drug-likeness (QED) is 0.830. The summed E-state index contributed by atoms with van der Waals surface area (Å²) < 4.78 is 26.0. The smallest absolute Gasteiger partial charge is 0.218 e. The van der Waals surface area contributed by atoms with E-state index in [1.165, 1.54) is 9.87 Å². The van der Waals surface area contributed by atoms with Crippen LogP contribution in [0.5, 0.6) is 0 Å². The van der Waals surface area contributed by atoms with Crippen molar-refractivity contribution < 1.29 is 8.42 Å². The normalized spacial score (nSPS) is 13.7. The molecule has 0 heterocycles. The third-order valence-electron chi connectivity index (χ3n) is 3.15. The number of hydrogen-bond donors (Lipinski definition) is 1. The van der Waals surface area contributed by atoms with Gasteiger partial charge < -0.3 is 5.32 Å². The van der Waals surface area contributed by atoms with Gasteiger partial charge in [0.25, 0.3) is 0 Å². The van der Waals surface area contributed by atoms with Gasteiger partial charge in [-0.05, 0) is 26.0 Å². The molecule has 0 saturated heterocycles. The molecule has 4 nitrogen and oxygen atoms in total. The van der Waals surface area contributed by atoms with E-state index < -0.39 is 15.3 Å². The zero-order valence-corrected chi connectivity index (χ0v) is 13.0. The van der Waals surface area contributed by atoms with E-state index in [-0.39, 0.29) is 0 Å². The molecule has 1 N–H and O–H groups in total. The topological polar surface area (TPSA) is 49.4 Å². The second-order valence-corrected chi connectivity index (χ2v) is 7.36. The predicted octanol–water partition coefficient (Wildman–Crippen LogP) is 1.75. The van der Waals surface area contributed by atoms with E-state index >= 15 is 0 Å². The number of nitrogens with zero attached hydrogens (tertiary/aromatic N) is 1. The van der Waals surface area contributed by atoms with Crippen LogP contribution in [0.1, 0.15) is 25.0 Å². The van der Waals surface area contributed by atoms with Crippen molar-refractivity contribution in [1.29, 1.82) is 0 Å². The average molecular weight is 284 g/mol. The van der Waals surface area contributed by atoms with E-state index in [9.17, 15) is 8.42 Å². The number of sulfonamides is 1. The van der Waals surface area contributed by atoms with Crippen molar-refractivity contribution in [3.8, 4) is 0 Å². The SMILES string of the molecule is CCNCC(C)S(=O)(=O)N(C)Cc1ccc(C)cc1. The van der Waals surface area contributed by atoms with Crippen LogP contribution in [-0.4, -0.2) is 38.1 Å². The molecule has 0 aliphatic carbocycles. The van der Waals surface area contributed by atoms with Crippen LogP contribution in [-0.2, 0) is 16.6 Å². The predicted molar refractivity (Wildman–Crippen MR) is 79.6 cm³/mol. The lowest BCUT2D eigenvalue weighted by atomic mass is 10.1. The maximum Gasteiger partial charge on any atom is 0.218 e. The molecule has 0 spiro atoms. The first-order valence-corrected chi connectivity index (χ1v) is 8.09. The van der Waals surface area contributed by atoms with Gasteiger partial charge >= 0.3 is 0 Å². The second-order valence-electron chi connectivity index (χ2n) is 4.90. The molecule has 1 aromatic rings. The van der Waals surface area contributed by atoms with Gasteiger partial charge in [0, 0.05) is 20.1 Å². The zero-order valence-electron chi connectivity index (χ0n) is 12.2.